The summed E-state index contributed by atoms with van der Waals surface area (Å²) in [5.41, 5.74) is 8.38. The number of nitrogens with two attached hydrogens (primary N) is 1. The maximum absolute atomic E-state index is 6.15. The van der Waals surface area contributed by atoms with E-state index in [4.69, 9.17) is 5.73 Å². The zero-order valence-corrected chi connectivity index (χ0v) is 13.9. The van der Waals surface area contributed by atoms with Crippen LogP contribution in [0.5, 0.6) is 0 Å². The van der Waals surface area contributed by atoms with E-state index in [1.54, 1.807) is 0 Å². The number of hydrogen-bond donors (Lipinski definition) is 2. The summed E-state index contributed by atoms with van der Waals surface area (Å²) in [5, 5.41) is 7.40. The van der Waals surface area contributed by atoms with Gasteiger partial charge in [-0.05, 0) is 31.4 Å². The van der Waals surface area contributed by atoms with Crippen LogP contribution >= 0.6 is 15.9 Å². The molecule has 2 aromatic rings. The van der Waals surface area contributed by atoms with Crippen LogP contribution in [-0.4, -0.2) is 34.3 Å². The summed E-state index contributed by atoms with van der Waals surface area (Å²) in [5.74, 6) is 2.08. The lowest BCUT2D eigenvalue weighted by molar-refractivity contribution is 0.376. The van der Waals surface area contributed by atoms with Crippen molar-refractivity contribution in [2.75, 3.05) is 18.0 Å². The van der Waals surface area contributed by atoms with E-state index in [-0.39, 0.29) is 6.04 Å². The Kier molecular flexibility index (Phi) is 3.99. The number of benzene rings is 1. The molecule has 1 fully saturated rings. The molecule has 2 unspecified atom stereocenters. The number of anilines is 1. The van der Waals surface area contributed by atoms with E-state index in [0.717, 1.165) is 41.3 Å². The fourth-order valence-electron chi connectivity index (χ4n) is 2.62. The molecule has 3 N–H and O–H groups in total. The standard InChI is InChI=1S/C15H20BrN5/c1-9-3-4-12(16)11(7-9)14-18-15(20-19-14)21-6-5-10(2)13(17)8-21/h3-4,7,10,13H,5-6,8,17H2,1-2H3,(H,18,19,20). The highest BCUT2D eigenvalue weighted by molar-refractivity contribution is 9.10. The third-order valence-electron chi connectivity index (χ3n) is 4.15. The second-order valence-corrected chi connectivity index (χ2v) is 6.70. The highest BCUT2D eigenvalue weighted by Crippen LogP contribution is 2.28. The number of aromatic amines is 1. The van der Waals surface area contributed by atoms with Crippen molar-refractivity contribution in [3.05, 3.63) is 28.2 Å². The van der Waals surface area contributed by atoms with Crippen molar-refractivity contribution >= 4 is 21.9 Å². The van der Waals surface area contributed by atoms with Crippen molar-refractivity contribution in [3.8, 4) is 11.4 Å². The number of halogens is 1. The summed E-state index contributed by atoms with van der Waals surface area (Å²) in [6.07, 6.45) is 1.08. The van der Waals surface area contributed by atoms with Gasteiger partial charge in [0.25, 0.3) is 0 Å². The van der Waals surface area contributed by atoms with Crippen molar-refractivity contribution in [1.29, 1.82) is 0 Å². The Morgan fingerprint density at radius 1 is 1.43 bits per heavy atom. The van der Waals surface area contributed by atoms with Gasteiger partial charge in [0, 0.05) is 29.2 Å². The summed E-state index contributed by atoms with van der Waals surface area (Å²) in [6, 6.07) is 6.38. The number of hydrogen-bond acceptors (Lipinski definition) is 4. The predicted octanol–water partition coefficient (Wildman–Crippen LogP) is 2.72. The first-order chi connectivity index (χ1) is 10.0. The van der Waals surface area contributed by atoms with Gasteiger partial charge in [-0.3, -0.25) is 5.10 Å². The molecule has 1 aliphatic rings. The first-order valence-electron chi connectivity index (χ1n) is 7.24. The van der Waals surface area contributed by atoms with Crippen LogP contribution in [0.15, 0.2) is 22.7 Å². The summed E-state index contributed by atoms with van der Waals surface area (Å²) in [4.78, 5) is 6.80. The molecular weight excluding hydrogens is 330 g/mol. The number of H-pyrrole nitrogens is 1. The van der Waals surface area contributed by atoms with Crippen LogP contribution in [-0.2, 0) is 0 Å². The van der Waals surface area contributed by atoms with Crippen molar-refractivity contribution in [3.63, 3.8) is 0 Å². The fourth-order valence-corrected chi connectivity index (χ4v) is 3.05. The molecule has 1 aromatic carbocycles. The van der Waals surface area contributed by atoms with Gasteiger partial charge in [-0.25, -0.2) is 0 Å². The topological polar surface area (TPSA) is 70.8 Å². The van der Waals surface area contributed by atoms with Gasteiger partial charge in [0.05, 0.1) is 0 Å². The van der Waals surface area contributed by atoms with Crippen LogP contribution in [0, 0.1) is 12.8 Å². The molecule has 5 nitrogen and oxygen atoms in total. The first kappa shape index (κ1) is 14.5. The molecule has 0 amide bonds. The zero-order valence-electron chi connectivity index (χ0n) is 12.3. The molecule has 0 radical (unpaired) electrons. The lowest BCUT2D eigenvalue weighted by atomic mass is 9.95. The van der Waals surface area contributed by atoms with Crippen LogP contribution in [0.4, 0.5) is 5.95 Å². The molecule has 0 spiro atoms. The average Bonchev–Trinajstić information content (AvgIpc) is 2.94. The van der Waals surface area contributed by atoms with Crippen LogP contribution in [0.25, 0.3) is 11.4 Å². The van der Waals surface area contributed by atoms with Crippen molar-refractivity contribution in [1.82, 2.24) is 15.2 Å². The maximum Gasteiger partial charge on any atom is 0.245 e. The van der Waals surface area contributed by atoms with Crippen molar-refractivity contribution in [2.24, 2.45) is 11.7 Å². The van der Waals surface area contributed by atoms with Gasteiger partial charge in [-0.2, -0.15) is 4.98 Å². The van der Waals surface area contributed by atoms with Crippen LogP contribution in [0.1, 0.15) is 18.9 Å². The SMILES string of the molecule is Cc1ccc(Br)c(-c2nc(N3CCC(C)C(N)C3)n[nH]2)c1. The highest BCUT2D eigenvalue weighted by atomic mass is 79.9. The summed E-state index contributed by atoms with van der Waals surface area (Å²) >= 11 is 3.57. The molecule has 0 bridgehead atoms. The Bertz CT molecular complexity index is 639. The monoisotopic (exact) mass is 349 g/mol. The molecule has 6 heteroatoms. The molecular formula is C15H20BrN5. The average molecular weight is 350 g/mol. The van der Waals surface area contributed by atoms with Gasteiger partial charge in [0.1, 0.15) is 0 Å². The van der Waals surface area contributed by atoms with E-state index >= 15 is 0 Å². The van der Waals surface area contributed by atoms with E-state index in [2.05, 4.69) is 62.0 Å². The second kappa shape index (κ2) is 5.77. The highest BCUT2D eigenvalue weighted by Gasteiger charge is 2.25. The minimum absolute atomic E-state index is 0.186. The van der Waals surface area contributed by atoms with Crippen LogP contribution in [0.2, 0.25) is 0 Å². The summed E-state index contributed by atoms with van der Waals surface area (Å²) < 4.78 is 1.01. The molecule has 1 saturated heterocycles. The predicted molar refractivity (Wildman–Crippen MR) is 88.2 cm³/mol. The van der Waals surface area contributed by atoms with Gasteiger partial charge in [0.15, 0.2) is 5.82 Å². The molecule has 2 heterocycles. The van der Waals surface area contributed by atoms with Crippen molar-refractivity contribution < 1.29 is 0 Å². The van der Waals surface area contributed by atoms with Gasteiger partial charge in [-0.15, -0.1) is 5.10 Å². The Balaban J connectivity index is 1.85. The Morgan fingerprint density at radius 2 is 2.24 bits per heavy atom. The normalized spacial score (nSPS) is 22.6. The van der Waals surface area contributed by atoms with Gasteiger partial charge >= 0.3 is 0 Å². The van der Waals surface area contributed by atoms with Gasteiger partial charge in [0.2, 0.25) is 5.95 Å². The number of nitrogens with one attached hydrogen (secondary N) is 1. The Hall–Kier alpha value is -1.40. The quantitative estimate of drug-likeness (QED) is 0.874. The molecule has 0 saturated carbocycles. The molecule has 0 aliphatic carbocycles. The lowest BCUT2D eigenvalue weighted by Crippen LogP contribution is -2.48. The smallest absolute Gasteiger partial charge is 0.245 e. The Morgan fingerprint density at radius 3 is 3.00 bits per heavy atom. The Labute approximate surface area is 133 Å². The molecule has 1 aromatic heterocycles. The number of aryl methyl sites for hydroxylation is 1. The zero-order chi connectivity index (χ0) is 15.0. The number of aromatic nitrogens is 3. The molecule has 1 aliphatic heterocycles. The third kappa shape index (κ3) is 2.96. The minimum Gasteiger partial charge on any atom is -0.338 e. The number of nitrogens with zero attached hydrogens (tertiary/aromatic N) is 3. The van der Waals surface area contributed by atoms with Crippen LogP contribution < -0.4 is 10.6 Å². The van der Waals surface area contributed by atoms with Gasteiger partial charge < -0.3 is 10.6 Å². The lowest BCUT2D eigenvalue weighted by Gasteiger charge is -2.34. The first-order valence-corrected chi connectivity index (χ1v) is 8.03. The summed E-state index contributed by atoms with van der Waals surface area (Å²) in [7, 11) is 0. The van der Waals surface area contributed by atoms with E-state index in [1.807, 2.05) is 6.07 Å². The third-order valence-corrected chi connectivity index (χ3v) is 4.84. The van der Waals surface area contributed by atoms with Crippen LogP contribution in [0.3, 0.4) is 0 Å². The minimum atomic E-state index is 0.186. The van der Waals surface area contributed by atoms with Crippen molar-refractivity contribution in [2.45, 2.75) is 26.3 Å². The maximum atomic E-state index is 6.15. The van der Waals surface area contributed by atoms with E-state index in [0.29, 0.717) is 5.92 Å². The molecule has 112 valence electrons. The fraction of sp³-hybridized carbons (Fsp3) is 0.467. The molecule has 3 rings (SSSR count). The largest absolute Gasteiger partial charge is 0.338 e. The van der Waals surface area contributed by atoms with E-state index in [1.165, 1.54) is 5.56 Å². The van der Waals surface area contributed by atoms with Gasteiger partial charge in [-0.1, -0.05) is 34.5 Å². The number of rotatable bonds is 2. The number of piperidine rings is 1. The molecule has 21 heavy (non-hydrogen) atoms. The second-order valence-electron chi connectivity index (χ2n) is 5.84. The molecule has 2 atom stereocenters. The summed E-state index contributed by atoms with van der Waals surface area (Å²) in [6.45, 7) is 6.04. The van der Waals surface area contributed by atoms with E-state index < -0.39 is 0 Å². The van der Waals surface area contributed by atoms with E-state index in [9.17, 15) is 0 Å².